The number of Topliss-reactive ketones (excluding diaryl/α,β-unsaturated/α-hetero) is 1. The summed E-state index contributed by atoms with van der Waals surface area (Å²) in [6.07, 6.45) is 1.65. The summed E-state index contributed by atoms with van der Waals surface area (Å²) in [6.45, 7) is 1.50. The summed E-state index contributed by atoms with van der Waals surface area (Å²) in [4.78, 5) is 14.2. The smallest absolute Gasteiger partial charge is 0.161 e. The second kappa shape index (κ2) is 3.00. The fraction of sp³-hybridized carbons (Fsp3) is 0.0909. The highest BCUT2D eigenvalue weighted by Crippen LogP contribution is 2.22. The number of ketones is 1. The summed E-state index contributed by atoms with van der Waals surface area (Å²) in [5.41, 5.74) is 1.94. The fourth-order valence-corrected chi connectivity index (χ4v) is 1.56. The third kappa shape index (κ3) is 1.09. The molecule has 3 heteroatoms. The van der Waals surface area contributed by atoms with E-state index in [0.29, 0.717) is 11.1 Å². The molecule has 68 valence electrons. The molecule has 3 nitrogen and oxygen atoms in total. The first-order valence-corrected chi connectivity index (χ1v) is 4.25. The summed E-state index contributed by atoms with van der Waals surface area (Å²) in [7, 11) is 0. The molecule has 0 aliphatic heterocycles. The molecule has 1 N–H and O–H groups in total. The molecule has 0 atom stereocenters. The first kappa shape index (κ1) is 8.52. The van der Waals surface area contributed by atoms with E-state index in [1.54, 1.807) is 18.3 Å². The first-order chi connectivity index (χ1) is 6.74. The fourth-order valence-electron chi connectivity index (χ4n) is 1.56. The number of nitrogens with one attached hydrogen (secondary N) is 1. The Morgan fingerprint density at radius 1 is 1.50 bits per heavy atom. The molecule has 14 heavy (non-hydrogen) atoms. The van der Waals surface area contributed by atoms with E-state index in [4.69, 9.17) is 5.26 Å². The summed E-state index contributed by atoms with van der Waals surface area (Å²) in [5, 5.41) is 9.61. The molecule has 0 bridgehead atoms. The zero-order chi connectivity index (χ0) is 10.1. The van der Waals surface area contributed by atoms with Crippen molar-refractivity contribution in [3.63, 3.8) is 0 Å². The van der Waals surface area contributed by atoms with Crippen LogP contribution < -0.4 is 0 Å². The van der Waals surface area contributed by atoms with E-state index >= 15 is 0 Å². The normalized spacial score (nSPS) is 10.0. The molecule has 0 fully saturated rings. The topological polar surface area (TPSA) is 56.6 Å². The van der Waals surface area contributed by atoms with Crippen LogP contribution in [0.4, 0.5) is 0 Å². The minimum absolute atomic E-state index is 0.0288. The number of nitriles is 1. The van der Waals surface area contributed by atoms with E-state index in [1.165, 1.54) is 6.92 Å². The van der Waals surface area contributed by atoms with E-state index in [-0.39, 0.29) is 5.78 Å². The van der Waals surface area contributed by atoms with E-state index in [9.17, 15) is 4.79 Å². The van der Waals surface area contributed by atoms with Gasteiger partial charge in [0.2, 0.25) is 0 Å². The van der Waals surface area contributed by atoms with Gasteiger partial charge in [0.15, 0.2) is 5.78 Å². The lowest BCUT2D eigenvalue weighted by atomic mass is 10.1. The van der Waals surface area contributed by atoms with Gasteiger partial charge < -0.3 is 4.98 Å². The Hall–Kier alpha value is -2.08. The molecule has 0 aliphatic rings. The van der Waals surface area contributed by atoms with Crippen LogP contribution in [0.2, 0.25) is 0 Å². The van der Waals surface area contributed by atoms with Crippen LogP contribution in [0, 0.1) is 11.3 Å². The van der Waals surface area contributed by atoms with Crippen LogP contribution in [0.25, 0.3) is 10.9 Å². The maximum Gasteiger partial charge on any atom is 0.161 e. The molecule has 0 saturated carbocycles. The highest BCUT2D eigenvalue weighted by molar-refractivity contribution is 6.08. The molecule has 0 saturated heterocycles. The molecule has 1 heterocycles. The number of aromatic amines is 1. The van der Waals surface area contributed by atoms with Gasteiger partial charge in [-0.3, -0.25) is 4.79 Å². The number of H-pyrrole nitrogens is 1. The van der Waals surface area contributed by atoms with Gasteiger partial charge in [-0.25, -0.2) is 0 Å². The van der Waals surface area contributed by atoms with Crippen molar-refractivity contribution in [3.8, 4) is 6.07 Å². The van der Waals surface area contributed by atoms with E-state index < -0.39 is 0 Å². The molecule has 0 radical (unpaired) electrons. The lowest BCUT2D eigenvalue weighted by Crippen LogP contribution is -1.90. The molecular formula is C11H8N2O. The molecule has 1 aromatic carbocycles. The standard InChI is InChI=1S/C11H8N2O/c1-7(14)9-6-13-10-4-2-3-8(5-12)11(9)10/h2-4,6,13H,1H3. The summed E-state index contributed by atoms with van der Waals surface area (Å²) < 4.78 is 0. The quantitative estimate of drug-likeness (QED) is 0.691. The van der Waals surface area contributed by atoms with E-state index in [2.05, 4.69) is 11.1 Å². The van der Waals surface area contributed by atoms with Gasteiger partial charge in [0, 0.05) is 22.7 Å². The van der Waals surface area contributed by atoms with Crippen LogP contribution in [0.1, 0.15) is 22.8 Å². The zero-order valence-corrected chi connectivity index (χ0v) is 7.66. The summed E-state index contributed by atoms with van der Waals surface area (Å²) in [5.74, 6) is -0.0288. The molecule has 0 amide bonds. The molecular weight excluding hydrogens is 176 g/mol. The van der Waals surface area contributed by atoms with Gasteiger partial charge in [-0.1, -0.05) is 6.07 Å². The number of fused-ring (bicyclic) bond motifs is 1. The van der Waals surface area contributed by atoms with Crippen LogP contribution >= 0.6 is 0 Å². The maximum absolute atomic E-state index is 11.3. The molecule has 1 aromatic heterocycles. The van der Waals surface area contributed by atoms with Crippen molar-refractivity contribution >= 4 is 16.7 Å². The monoisotopic (exact) mass is 184 g/mol. The number of benzene rings is 1. The second-order valence-corrected chi connectivity index (χ2v) is 3.10. The number of carbonyl (C=O) groups is 1. The predicted molar refractivity (Wildman–Crippen MR) is 53.0 cm³/mol. The van der Waals surface area contributed by atoms with Crippen molar-refractivity contribution in [2.45, 2.75) is 6.92 Å². The van der Waals surface area contributed by atoms with Crippen molar-refractivity contribution in [3.05, 3.63) is 35.5 Å². The number of nitrogens with zero attached hydrogens (tertiary/aromatic N) is 1. The number of hydrogen-bond acceptors (Lipinski definition) is 2. The predicted octanol–water partition coefficient (Wildman–Crippen LogP) is 2.24. The van der Waals surface area contributed by atoms with E-state index in [0.717, 1.165) is 10.9 Å². The van der Waals surface area contributed by atoms with Gasteiger partial charge in [0.1, 0.15) is 0 Å². The third-order valence-electron chi connectivity index (χ3n) is 2.21. The Kier molecular flexibility index (Phi) is 1.83. The molecule has 0 unspecified atom stereocenters. The molecule has 0 spiro atoms. The van der Waals surface area contributed by atoms with Gasteiger partial charge in [-0.05, 0) is 19.1 Å². The maximum atomic E-state index is 11.3. The van der Waals surface area contributed by atoms with Crippen molar-refractivity contribution in [1.29, 1.82) is 5.26 Å². The second-order valence-electron chi connectivity index (χ2n) is 3.10. The average molecular weight is 184 g/mol. The highest BCUT2D eigenvalue weighted by atomic mass is 16.1. The van der Waals surface area contributed by atoms with Crippen LogP contribution in [0.15, 0.2) is 24.4 Å². The largest absolute Gasteiger partial charge is 0.360 e. The van der Waals surface area contributed by atoms with Gasteiger partial charge in [0.05, 0.1) is 11.6 Å². The Labute approximate surface area is 81.0 Å². The summed E-state index contributed by atoms with van der Waals surface area (Å²) >= 11 is 0. The van der Waals surface area contributed by atoms with Gasteiger partial charge in [-0.2, -0.15) is 5.26 Å². The molecule has 2 aromatic rings. The van der Waals surface area contributed by atoms with E-state index in [1.807, 2.05) is 6.07 Å². The molecule has 0 aliphatic carbocycles. The van der Waals surface area contributed by atoms with Gasteiger partial charge in [-0.15, -0.1) is 0 Å². The van der Waals surface area contributed by atoms with Crippen LogP contribution in [0.3, 0.4) is 0 Å². The SMILES string of the molecule is CC(=O)c1c[nH]c2cccc(C#N)c12. The zero-order valence-electron chi connectivity index (χ0n) is 7.66. The number of aromatic nitrogens is 1. The lowest BCUT2D eigenvalue weighted by Gasteiger charge is -1.95. The van der Waals surface area contributed by atoms with Gasteiger partial charge >= 0.3 is 0 Å². The minimum Gasteiger partial charge on any atom is -0.360 e. The third-order valence-corrected chi connectivity index (χ3v) is 2.21. The van der Waals surface area contributed by atoms with Crippen molar-refractivity contribution in [1.82, 2.24) is 4.98 Å². The number of hydrogen-bond donors (Lipinski definition) is 1. The number of carbonyl (C=O) groups excluding carboxylic acids is 1. The Bertz CT molecular complexity index is 546. The Morgan fingerprint density at radius 3 is 2.93 bits per heavy atom. The highest BCUT2D eigenvalue weighted by Gasteiger charge is 2.10. The summed E-state index contributed by atoms with van der Waals surface area (Å²) in [6, 6.07) is 7.43. The van der Waals surface area contributed by atoms with Crippen molar-refractivity contribution in [2.75, 3.05) is 0 Å². The Morgan fingerprint density at radius 2 is 2.29 bits per heavy atom. The van der Waals surface area contributed by atoms with Crippen molar-refractivity contribution < 1.29 is 4.79 Å². The van der Waals surface area contributed by atoms with Crippen molar-refractivity contribution in [2.24, 2.45) is 0 Å². The van der Waals surface area contributed by atoms with Crippen LogP contribution in [-0.4, -0.2) is 10.8 Å². The number of rotatable bonds is 1. The van der Waals surface area contributed by atoms with Crippen LogP contribution in [0.5, 0.6) is 0 Å². The van der Waals surface area contributed by atoms with Crippen LogP contribution in [-0.2, 0) is 0 Å². The van der Waals surface area contributed by atoms with Gasteiger partial charge in [0.25, 0.3) is 0 Å². The minimum atomic E-state index is -0.0288. The molecule has 2 rings (SSSR count). The average Bonchev–Trinajstić information content (AvgIpc) is 2.60. The first-order valence-electron chi connectivity index (χ1n) is 4.25. The Balaban J connectivity index is 2.89. The lowest BCUT2D eigenvalue weighted by molar-refractivity contribution is 0.101.